The lowest BCUT2D eigenvalue weighted by Crippen LogP contribution is -2.44. The summed E-state index contributed by atoms with van der Waals surface area (Å²) in [6.07, 6.45) is 3.46. The molecule has 116 valence electrons. The van der Waals surface area contributed by atoms with Gasteiger partial charge in [-0.3, -0.25) is 4.79 Å². The van der Waals surface area contributed by atoms with Crippen molar-refractivity contribution in [2.24, 2.45) is 0 Å². The maximum atomic E-state index is 11.3. The van der Waals surface area contributed by atoms with Gasteiger partial charge in [-0.1, -0.05) is 12.1 Å². The minimum atomic E-state index is 0. The van der Waals surface area contributed by atoms with E-state index >= 15 is 0 Å². The van der Waals surface area contributed by atoms with Gasteiger partial charge in [-0.2, -0.15) is 0 Å². The van der Waals surface area contributed by atoms with Gasteiger partial charge in [0, 0.05) is 35.5 Å². The molecule has 0 spiro atoms. The molecule has 3 aliphatic rings. The molecule has 0 unspecified atom stereocenters. The summed E-state index contributed by atoms with van der Waals surface area (Å²) in [7, 11) is 0. The number of carbonyl (C=O) groups is 1. The number of aldehydes is 1. The monoisotopic (exact) mass is 346 g/mol. The van der Waals surface area contributed by atoms with E-state index in [0.717, 1.165) is 37.2 Å². The molecule has 4 rings (SSSR count). The van der Waals surface area contributed by atoms with Crippen molar-refractivity contribution in [3.8, 4) is 0 Å². The summed E-state index contributed by atoms with van der Waals surface area (Å²) < 4.78 is 0. The molecule has 1 saturated heterocycles. The predicted molar refractivity (Wildman–Crippen MR) is 93.0 cm³/mol. The number of piperidine rings is 1. The van der Waals surface area contributed by atoms with E-state index in [2.05, 4.69) is 16.3 Å². The lowest BCUT2D eigenvalue weighted by molar-refractivity contribution is 0.112. The summed E-state index contributed by atoms with van der Waals surface area (Å²) in [5.41, 5.74) is 3.72. The van der Waals surface area contributed by atoms with Crippen molar-refractivity contribution in [1.82, 2.24) is 5.32 Å². The molecule has 0 radical (unpaired) electrons. The Labute approximate surface area is 142 Å². The molecule has 0 aromatic heterocycles. The minimum Gasteiger partial charge on any atom is -0.367 e. The highest BCUT2D eigenvalue weighted by atomic mass is 35.5. The molecule has 3 aliphatic heterocycles. The topological polar surface area (TPSA) is 32.3 Å². The fourth-order valence-electron chi connectivity index (χ4n) is 3.83. The maximum absolute atomic E-state index is 11.3. The van der Waals surface area contributed by atoms with Crippen molar-refractivity contribution in [3.63, 3.8) is 0 Å². The van der Waals surface area contributed by atoms with Gasteiger partial charge in [0.25, 0.3) is 0 Å². The van der Waals surface area contributed by atoms with Crippen LogP contribution in [0.3, 0.4) is 0 Å². The SMILES string of the molecule is Cl.Cl.O=Cc1ccc2c3c1SCCCN3[C@H]1CCNC[C@@H]21. The van der Waals surface area contributed by atoms with Crippen LogP contribution in [-0.2, 0) is 0 Å². The van der Waals surface area contributed by atoms with Gasteiger partial charge in [-0.05, 0) is 30.7 Å². The number of anilines is 1. The van der Waals surface area contributed by atoms with Crippen LogP contribution >= 0.6 is 36.6 Å². The molecular weight excluding hydrogens is 327 g/mol. The van der Waals surface area contributed by atoms with E-state index in [-0.39, 0.29) is 24.8 Å². The maximum Gasteiger partial charge on any atom is 0.151 e. The van der Waals surface area contributed by atoms with Gasteiger partial charge >= 0.3 is 0 Å². The zero-order valence-electron chi connectivity index (χ0n) is 11.7. The Bertz CT molecular complexity index is 541. The summed E-state index contributed by atoms with van der Waals surface area (Å²) >= 11 is 1.87. The number of thioether (sulfide) groups is 1. The largest absolute Gasteiger partial charge is 0.367 e. The molecule has 1 aromatic rings. The van der Waals surface area contributed by atoms with Gasteiger partial charge in [0.15, 0.2) is 6.29 Å². The first-order chi connectivity index (χ1) is 9.40. The van der Waals surface area contributed by atoms with Crippen molar-refractivity contribution >= 4 is 48.5 Å². The summed E-state index contributed by atoms with van der Waals surface area (Å²) in [5, 5.41) is 3.52. The molecule has 3 heterocycles. The van der Waals surface area contributed by atoms with E-state index < -0.39 is 0 Å². The van der Waals surface area contributed by atoms with E-state index in [1.165, 1.54) is 29.0 Å². The molecular formula is C15H20Cl2N2OS. The number of nitrogens with one attached hydrogen (secondary N) is 1. The lowest BCUT2D eigenvalue weighted by atomic mass is 9.90. The first kappa shape index (κ1) is 16.9. The van der Waals surface area contributed by atoms with Crippen LogP contribution < -0.4 is 10.2 Å². The Morgan fingerprint density at radius 1 is 1.33 bits per heavy atom. The number of halogens is 2. The van der Waals surface area contributed by atoms with E-state index in [9.17, 15) is 4.79 Å². The van der Waals surface area contributed by atoms with Crippen molar-refractivity contribution in [2.45, 2.75) is 29.7 Å². The van der Waals surface area contributed by atoms with E-state index in [0.29, 0.717) is 12.0 Å². The van der Waals surface area contributed by atoms with E-state index in [4.69, 9.17) is 0 Å². The third-order valence-electron chi connectivity index (χ3n) is 4.64. The number of nitrogens with zero attached hydrogens (tertiary/aromatic N) is 1. The summed E-state index contributed by atoms with van der Waals surface area (Å²) in [6, 6.07) is 4.86. The normalized spacial score (nSPS) is 25.8. The van der Waals surface area contributed by atoms with Crippen molar-refractivity contribution in [1.29, 1.82) is 0 Å². The van der Waals surface area contributed by atoms with Crippen LogP contribution in [0.4, 0.5) is 5.69 Å². The smallest absolute Gasteiger partial charge is 0.151 e. The van der Waals surface area contributed by atoms with E-state index in [1.54, 1.807) is 0 Å². The molecule has 21 heavy (non-hydrogen) atoms. The number of fused-ring (bicyclic) bond motifs is 3. The Morgan fingerprint density at radius 2 is 2.19 bits per heavy atom. The summed E-state index contributed by atoms with van der Waals surface area (Å²) in [4.78, 5) is 15.1. The number of rotatable bonds is 1. The fourth-order valence-corrected chi connectivity index (χ4v) is 4.96. The molecule has 6 heteroatoms. The second kappa shape index (κ2) is 6.78. The van der Waals surface area contributed by atoms with Crippen molar-refractivity contribution in [2.75, 3.05) is 30.3 Å². The van der Waals surface area contributed by atoms with Crippen LogP contribution in [0.5, 0.6) is 0 Å². The second-order valence-corrected chi connectivity index (χ2v) is 6.71. The molecule has 2 atom stereocenters. The number of hydrogen-bond donors (Lipinski definition) is 1. The van der Waals surface area contributed by atoms with Gasteiger partial charge < -0.3 is 10.2 Å². The average Bonchev–Trinajstić information content (AvgIpc) is 2.62. The van der Waals surface area contributed by atoms with Gasteiger partial charge in [-0.15, -0.1) is 36.6 Å². The lowest BCUT2D eigenvalue weighted by Gasteiger charge is -2.33. The molecule has 0 aliphatic carbocycles. The van der Waals surface area contributed by atoms with Gasteiger partial charge in [0.1, 0.15) is 0 Å². The Balaban J connectivity index is 0.000000807. The minimum absolute atomic E-state index is 0. The Morgan fingerprint density at radius 3 is 3.00 bits per heavy atom. The van der Waals surface area contributed by atoms with Crippen molar-refractivity contribution < 1.29 is 4.79 Å². The fraction of sp³-hybridized carbons (Fsp3) is 0.533. The quantitative estimate of drug-likeness (QED) is 0.792. The summed E-state index contributed by atoms with van der Waals surface area (Å²) in [6.45, 7) is 3.35. The molecule has 1 N–H and O–H groups in total. The summed E-state index contributed by atoms with van der Waals surface area (Å²) in [5.74, 6) is 1.74. The third kappa shape index (κ3) is 2.56. The zero-order valence-corrected chi connectivity index (χ0v) is 14.2. The van der Waals surface area contributed by atoms with Crippen LogP contribution in [-0.4, -0.2) is 37.7 Å². The highest BCUT2D eigenvalue weighted by molar-refractivity contribution is 7.99. The number of hydrogen-bond acceptors (Lipinski definition) is 4. The molecule has 3 nitrogen and oxygen atoms in total. The van der Waals surface area contributed by atoms with Crippen LogP contribution in [0.2, 0.25) is 0 Å². The standard InChI is InChI=1S/C15H18N2OS.2ClH/c18-9-10-2-3-11-12-8-16-5-4-13(12)17-6-1-7-19-15(10)14(11)17;;/h2-3,9,12-13,16H,1,4-8H2;2*1H/t12-,13-;;/m0../s1. The van der Waals surface area contributed by atoms with Gasteiger partial charge in [0.2, 0.25) is 0 Å². The van der Waals surface area contributed by atoms with Crippen LogP contribution in [0, 0.1) is 0 Å². The van der Waals surface area contributed by atoms with Crippen LogP contribution in [0.1, 0.15) is 34.7 Å². The average molecular weight is 347 g/mol. The first-order valence-corrected chi connectivity index (χ1v) is 8.11. The van der Waals surface area contributed by atoms with Crippen molar-refractivity contribution in [3.05, 3.63) is 23.3 Å². The van der Waals surface area contributed by atoms with Gasteiger partial charge in [-0.25, -0.2) is 0 Å². The van der Waals surface area contributed by atoms with Gasteiger partial charge in [0.05, 0.1) is 5.69 Å². The van der Waals surface area contributed by atoms with E-state index in [1.807, 2.05) is 17.8 Å². The first-order valence-electron chi connectivity index (χ1n) is 7.12. The highest BCUT2D eigenvalue weighted by Gasteiger charge is 2.41. The molecule has 0 bridgehead atoms. The zero-order chi connectivity index (χ0) is 12.8. The molecule has 0 amide bonds. The predicted octanol–water partition coefficient (Wildman–Crippen LogP) is 3.10. The number of benzene rings is 1. The van der Waals surface area contributed by atoms with Crippen LogP contribution in [0.25, 0.3) is 0 Å². The third-order valence-corrected chi connectivity index (χ3v) is 5.85. The molecule has 1 fully saturated rings. The molecule has 0 saturated carbocycles. The molecule has 1 aromatic carbocycles. The second-order valence-electron chi connectivity index (χ2n) is 5.60. The number of carbonyl (C=O) groups excluding carboxylic acids is 1. The Kier molecular flexibility index (Phi) is 5.47. The van der Waals surface area contributed by atoms with Crippen LogP contribution in [0.15, 0.2) is 17.0 Å². The highest BCUT2D eigenvalue weighted by Crippen LogP contribution is 2.50. The Hall–Kier alpha value is -0.420.